The van der Waals surface area contributed by atoms with Crippen LogP contribution in [0.25, 0.3) is 21.3 Å². The van der Waals surface area contributed by atoms with E-state index >= 15 is 0 Å². The highest BCUT2D eigenvalue weighted by Gasteiger charge is 2.21. The molecule has 0 fully saturated rings. The number of thiazole rings is 1. The number of anilines is 1. The molecule has 2 aromatic heterocycles. The molecule has 0 aliphatic rings. The maximum absolute atomic E-state index is 12.6. The quantitative estimate of drug-likeness (QED) is 0.517. The molecule has 6 nitrogen and oxygen atoms in total. The summed E-state index contributed by atoms with van der Waals surface area (Å²) in [5.41, 5.74) is 2.33. The summed E-state index contributed by atoms with van der Waals surface area (Å²) >= 11 is 2.69. The van der Waals surface area contributed by atoms with Crippen LogP contribution < -0.4 is 5.32 Å². The standard InChI is InChI=1S/C19H16N4O2S2/c1-11(17(25)22-18-20-14-8-4-6-10-16(14)27-18)26-19-21-13-7-3-5-9-15(13)23(19)12(2)24/h3-11H,1-2H3,(H,20,22,25)/t11-/m1/s1. The Morgan fingerprint density at radius 3 is 2.52 bits per heavy atom. The highest BCUT2D eigenvalue weighted by atomic mass is 32.2. The lowest BCUT2D eigenvalue weighted by Crippen LogP contribution is -2.23. The molecule has 4 aromatic rings. The Hall–Kier alpha value is -2.71. The average Bonchev–Trinajstić information content (AvgIpc) is 3.21. The fraction of sp³-hybridized carbons (Fsp3) is 0.158. The zero-order valence-corrected chi connectivity index (χ0v) is 16.3. The first kappa shape index (κ1) is 17.7. The van der Waals surface area contributed by atoms with Gasteiger partial charge in [-0.3, -0.25) is 14.2 Å². The van der Waals surface area contributed by atoms with Crippen molar-refractivity contribution in [3.8, 4) is 0 Å². The predicted octanol–water partition coefficient (Wildman–Crippen LogP) is 4.43. The van der Waals surface area contributed by atoms with Crippen LogP contribution in [-0.2, 0) is 4.79 Å². The van der Waals surface area contributed by atoms with Gasteiger partial charge in [0.05, 0.1) is 26.5 Å². The Morgan fingerprint density at radius 1 is 1.07 bits per heavy atom. The highest BCUT2D eigenvalue weighted by Crippen LogP contribution is 2.29. The van der Waals surface area contributed by atoms with Crippen molar-refractivity contribution in [3.63, 3.8) is 0 Å². The van der Waals surface area contributed by atoms with E-state index in [2.05, 4.69) is 15.3 Å². The van der Waals surface area contributed by atoms with Crippen molar-refractivity contribution >= 4 is 61.3 Å². The van der Waals surface area contributed by atoms with E-state index in [4.69, 9.17) is 0 Å². The van der Waals surface area contributed by atoms with Gasteiger partial charge in [-0.2, -0.15) is 0 Å². The Balaban J connectivity index is 1.55. The van der Waals surface area contributed by atoms with E-state index in [0.717, 1.165) is 21.3 Å². The SMILES string of the molecule is CC(=O)n1c(S[C@H](C)C(=O)Nc2nc3ccccc3s2)nc2ccccc21. The number of rotatable bonds is 4. The van der Waals surface area contributed by atoms with Crippen molar-refractivity contribution in [3.05, 3.63) is 48.5 Å². The Bertz CT molecular complexity index is 1130. The molecular weight excluding hydrogens is 380 g/mol. The molecule has 0 saturated heterocycles. The second-order valence-electron chi connectivity index (χ2n) is 5.97. The van der Waals surface area contributed by atoms with Crippen LogP contribution in [-0.4, -0.2) is 31.6 Å². The number of amides is 1. The van der Waals surface area contributed by atoms with Crippen molar-refractivity contribution in [1.29, 1.82) is 0 Å². The van der Waals surface area contributed by atoms with Crippen molar-refractivity contribution in [2.24, 2.45) is 0 Å². The third-order valence-electron chi connectivity index (χ3n) is 4.02. The average molecular weight is 396 g/mol. The van der Waals surface area contributed by atoms with Crippen LogP contribution >= 0.6 is 23.1 Å². The Kier molecular flexibility index (Phi) is 4.67. The number of para-hydroxylation sites is 3. The molecule has 0 radical (unpaired) electrons. The molecule has 1 amide bonds. The second-order valence-corrected chi connectivity index (χ2v) is 8.31. The molecule has 0 bridgehead atoms. The fourth-order valence-electron chi connectivity index (χ4n) is 2.73. The lowest BCUT2D eigenvalue weighted by Gasteiger charge is -2.10. The van der Waals surface area contributed by atoms with Gasteiger partial charge in [-0.25, -0.2) is 9.97 Å². The highest BCUT2D eigenvalue weighted by molar-refractivity contribution is 8.00. The fourth-order valence-corrected chi connectivity index (χ4v) is 4.57. The van der Waals surface area contributed by atoms with E-state index in [0.29, 0.717) is 10.3 Å². The van der Waals surface area contributed by atoms with Crippen LogP contribution in [0.2, 0.25) is 0 Å². The van der Waals surface area contributed by atoms with E-state index in [9.17, 15) is 9.59 Å². The first-order chi connectivity index (χ1) is 13.0. The summed E-state index contributed by atoms with van der Waals surface area (Å²) in [6, 6.07) is 15.2. The number of nitrogens with one attached hydrogen (secondary N) is 1. The van der Waals surface area contributed by atoms with Gasteiger partial charge in [0.2, 0.25) is 11.8 Å². The zero-order valence-electron chi connectivity index (χ0n) is 14.7. The van der Waals surface area contributed by atoms with Gasteiger partial charge in [0.15, 0.2) is 10.3 Å². The van der Waals surface area contributed by atoms with E-state index in [-0.39, 0.29) is 11.8 Å². The van der Waals surface area contributed by atoms with Gasteiger partial charge in [-0.1, -0.05) is 47.4 Å². The van der Waals surface area contributed by atoms with E-state index in [1.54, 1.807) is 11.5 Å². The summed E-state index contributed by atoms with van der Waals surface area (Å²) in [5, 5.41) is 3.49. The normalized spacial score (nSPS) is 12.4. The van der Waals surface area contributed by atoms with Gasteiger partial charge in [0.1, 0.15) is 0 Å². The summed E-state index contributed by atoms with van der Waals surface area (Å²) in [5.74, 6) is -0.314. The molecular formula is C19H16N4O2S2. The molecule has 0 unspecified atom stereocenters. The summed E-state index contributed by atoms with van der Waals surface area (Å²) in [6.45, 7) is 3.28. The smallest absolute Gasteiger partial charge is 0.239 e. The molecule has 8 heteroatoms. The summed E-state index contributed by atoms with van der Waals surface area (Å²) in [7, 11) is 0. The lowest BCUT2D eigenvalue weighted by atomic mass is 10.3. The minimum absolute atomic E-state index is 0.134. The number of hydrogen-bond acceptors (Lipinski definition) is 6. The van der Waals surface area contributed by atoms with Crippen LogP contribution in [0.5, 0.6) is 0 Å². The largest absolute Gasteiger partial charge is 0.301 e. The zero-order chi connectivity index (χ0) is 19.0. The minimum atomic E-state index is -0.438. The molecule has 4 rings (SSSR count). The number of carbonyl (C=O) groups is 2. The first-order valence-electron chi connectivity index (χ1n) is 8.34. The Labute approximate surface area is 163 Å². The summed E-state index contributed by atoms with van der Waals surface area (Å²) < 4.78 is 2.56. The molecule has 0 saturated carbocycles. The molecule has 1 N–H and O–H groups in total. The number of benzene rings is 2. The van der Waals surface area contributed by atoms with Crippen LogP contribution in [0.4, 0.5) is 5.13 Å². The van der Waals surface area contributed by atoms with Gasteiger partial charge < -0.3 is 5.32 Å². The van der Waals surface area contributed by atoms with Crippen LogP contribution in [0, 0.1) is 0 Å². The topological polar surface area (TPSA) is 76.9 Å². The summed E-state index contributed by atoms with van der Waals surface area (Å²) in [4.78, 5) is 33.6. The van der Waals surface area contributed by atoms with Crippen molar-refractivity contribution in [2.75, 3.05) is 5.32 Å². The molecule has 0 spiro atoms. The van der Waals surface area contributed by atoms with Crippen LogP contribution in [0.3, 0.4) is 0 Å². The summed E-state index contributed by atoms with van der Waals surface area (Å²) in [6.07, 6.45) is 0. The molecule has 0 aliphatic heterocycles. The maximum Gasteiger partial charge on any atom is 0.239 e. The van der Waals surface area contributed by atoms with Gasteiger partial charge >= 0.3 is 0 Å². The number of imidazole rings is 1. The van der Waals surface area contributed by atoms with Crippen LogP contribution in [0.1, 0.15) is 18.6 Å². The van der Waals surface area contributed by atoms with Crippen molar-refractivity contribution < 1.29 is 9.59 Å². The van der Waals surface area contributed by atoms with Crippen molar-refractivity contribution in [1.82, 2.24) is 14.5 Å². The van der Waals surface area contributed by atoms with E-state index < -0.39 is 5.25 Å². The van der Waals surface area contributed by atoms with Gasteiger partial charge in [0, 0.05) is 6.92 Å². The number of thioether (sulfide) groups is 1. The van der Waals surface area contributed by atoms with Gasteiger partial charge in [-0.05, 0) is 31.2 Å². The molecule has 136 valence electrons. The molecule has 0 aliphatic carbocycles. The second kappa shape index (κ2) is 7.13. The molecule has 1 atom stereocenters. The van der Waals surface area contributed by atoms with Crippen molar-refractivity contribution in [2.45, 2.75) is 24.3 Å². The number of carbonyl (C=O) groups excluding carboxylic acids is 2. The number of nitrogens with zero attached hydrogens (tertiary/aromatic N) is 3. The van der Waals surface area contributed by atoms with Gasteiger partial charge in [0.25, 0.3) is 0 Å². The third kappa shape index (κ3) is 3.45. The lowest BCUT2D eigenvalue weighted by molar-refractivity contribution is -0.115. The monoisotopic (exact) mass is 396 g/mol. The molecule has 2 aromatic carbocycles. The van der Waals surface area contributed by atoms with E-state index in [1.165, 1.54) is 30.0 Å². The minimum Gasteiger partial charge on any atom is -0.301 e. The predicted molar refractivity (Wildman–Crippen MR) is 110 cm³/mol. The third-order valence-corrected chi connectivity index (χ3v) is 6.02. The number of fused-ring (bicyclic) bond motifs is 2. The Morgan fingerprint density at radius 2 is 1.78 bits per heavy atom. The maximum atomic E-state index is 12.6. The molecule has 27 heavy (non-hydrogen) atoms. The van der Waals surface area contributed by atoms with Gasteiger partial charge in [-0.15, -0.1) is 0 Å². The van der Waals surface area contributed by atoms with Crippen LogP contribution in [0.15, 0.2) is 53.7 Å². The van der Waals surface area contributed by atoms with E-state index in [1.807, 2.05) is 48.5 Å². The number of aromatic nitrogens is 3. The molecule has 2 heterocycles. The number of hydrogen-bond donors (Lipinski definition) is 1. The first-order valence-corrected chi connectivity index (χ1v) is 10.0.